The van der Waals surface area contributed by atoms with Crippen LogP contribution in [0.2, 0.25) is 0 Å². The highest BCUT2D eigenvalue weighted by atomic mass is 32.1. The molecule has 6 nitrogen and oxygen atoms in total. The molecule has 0 spiro atoms. The Kier molecular flexibility index (Phi) is 5.88. The maximum Gasteiger partial charge on any atom is 0.358 e. The lowest BCUT2D eigenvalue weighted by Gasteiger charge is -2.15. The minimum absolute atomic E-state index is 0.191. The van der Waals surface area contributed by atoms with Gasteiger partial charge < -0.3 is 14.8 Å². The number of methoxy groups -OCH3 is 1. The van der Waals surface area contributed by atoms with Crippen molar-refractivity contribution in [1.29, 1.82) is 0 Å². The summed E-state index contributed by atoms with van der Waals surface area (Å²) in [7, 11) is 1.52. The summed E-state index contributed by atoms with van der Waals surface area (Å²) in [5, 5.41) is 7.05. The second kappa shape index (κ2) is 8.32. The molecular formula is C19H18N2O4S2. The van der Waals surface area contributed by atoms with Crippen LogP contribution in [0.15, 0.2) is 41.1 Å². The zero-order valence-electron chi connectivity index (χ0n) is 15.0. The molecule has 0 saturated carbocycles. The van der Waals surface area contributed by atoms with E-state index in [4.69, 9.17) is 9.47 Å². The van der Waals surface area contributed by atoms with Gasteiger partial charge in [-0.25, -0.2) is 9.78 Å². The van der Waals surface area contributed by atoms with Gasteiger partial charge in [0.15, 0.2) is 11.8 Å². The monoisotopic (exact) mass is 402 g/mol. The molecule has 1 aromatic carbocycles. The predicted octanol–water partition coefficient (Wildman–Crippen LogP) is 4.37. The molecule has 3 aromatic rings. The molecule has 1 atom stereocenters. The Balaban J connectivity index is 1.64. The highest BCUT2D eigenvalue weighted by Gasteiger charge is 2.22. The zero-order chi connectivity index (χ0) is 19.4. The SMILES string of the molecule is COc1ccc(C)cc1NC(=O)[C@H](C)OC(=O)c1csc(-c2cccs2)n1. The minimum atomic E-state index is -0.977. The van der Waals surface area contributed by atoms with Crippen molar-refractivity contribution >= 4 is 40.2 Å². The predicted molar refractivity (Wildman–Crippen MR) is 107 cm³/mol. The molecule has 0 radical (unpaired) electrons. The van der Waals surface area contributed by atoms with Crippen LogP contribution < -0.4 is 10.1 Å². The van der Waals surface area contributed by atoms with Crippen molar-refractivity contribution in [3.63, 3.8) is 0 Å². The van der Waals surface area contributed by atoms with Gasteiger partial charge in [0.2, 0.25) is 0 Å². The Labute approximate surface area is 164 Å². The van der Waals surface area contributed by atoms with Crippen LogP contribution in [0.1, 0.15) is 23.0 Å². The maximum atomic E-state index is 12.4. The smallest absolute Gasteiger partial charge is 0.358 e. The van der Waals surface area contributed by atoms with Crippen molar-refractivity contribution in [2.45, 2.75) is 20.0 Å². The first-order chi connectivity index (χ1) is 13.0. The molecule has 0 fully saturated rings. The number of aromatic nitrogens is 1. The first-order valence-corrected chi connectivity index (χ1v) is 9.89. The van der Waals surface area contributed by atoms with E-state index in [9.17, 15) is 9.59 Å². The molecule has 0 bridgehead atoms. The molecule has 2 heterocycles. The Morgan fingerprint density at radius 1 is 1.22 bits per heavy atom. The van der Waals surface area contributed by atoms with Crippen LogP contribution in [-0.4, -0.2) is 30.1 Å². The molecule has 1 N–H and O–H groups in total. The van der Waals surface area contributed by atoms with E-state index in [-0.39, 0.29) is 5.69 Å². The molecule has 3 rings (SSSR count). The van der Waals surface area contributed by atoms with Gasteiger partial charge in [0.1, 0.15) is 10.8 Å². The lowest BCUT2D eigenvalue weighted by molar-refractivity contribution is -0.123. The number of anilines is 1. The number of carbonyl (C=O) groups excluding carboxylic acids is 2. The van der Waals surface area contributed by atoms with Crippen molar-refractivity contribution in [3.8, 4) is 15.6 Å². The molecule has 0 aliphatic carbocycles. The van der Waals surface area contributed by atoms with Crippen LogP contribution in [-0.2, 0) is 9.53 Å². The number of esters is 1. The van der Waals surface area contributed by atoms with E-state index < -0.39 is 18.0 Å². The van der Waals surface area contributed by atoms with Gasteiger partial charge in [-0.3, -0.25) is 4.79 Å². The number of benzene rings is 1. The molecule has 8 heteroatoms. The van der Waals surface area contributed by atoms with Gasteiger partial charge in [-0.15, -0.1) is 22.7 Å². The van der Waals surface area contributed by atoms with Crippen LogP contribution in [0.3, 0.4) is 0 Å². The standard InChI is InChI=1S/C19H18N2O4S2/c1-11-6-7-15(24-3)13(9-11)20-17(22)12(2)25-19(23)14-10-27-18(21-14)16-5-4-8-26-16/h4-10,12H,1-3H3,(H,20,22)/t12-/m0/s1. The third-order valence-electron chi connectivity index (χ3n) is 3.71. The minimum Gasteiger partial charge on any atom is -0.495 e. The largest absolute Gasteiger partial charge is 0.495 e. The average molecular weight is 402 g/mol. The topological polar surface area (TPSA) is 77.5 Å². The third-order valence-corrected chi connectivity index (χ3v) is 5.59. The van der Waals surface area contributed by atoms with E-state index in [1.165, 1.54) is 25.4 Å². The quantitative estimate of drug-likeness (QED) is 0.620. The summed E-state index contributed by atoms with van der Waals surface area (Å²) in [4.78, 5) is 30.0. The molecular weight excluding hydrogens is 384 g/mol. The van der Waals surface area contributed by atoms with Crippen molar-refractivity contribution in [1.82, 2.24) is 4.98 Å². The number of thiazole rings is 1. The fourth-order valence-electron chi connectivity index (χ4n) is 2.31. The number of aryl methyl sites for hydroxylation is 1. The van der Waals surface area contributed by atoms with Crippen LogP contribution in [0.4, 0.5) is 5.69 Å². The molecule has 0 saturated heterocycles. The second-order valence-electron chi connectivity index (χ2n) is 5.76. The fraction of sp³-hybridized carbons (Fsp3) is 0.211. The summed E-state index contributed by atoms with van der Waals surface area (Å²) in [5.74, 6) is -0.540. The number of carbonyl (C=O) groups is 2. The van der Waals surface area contributed by atoms with Crippen LogP contribution in [0.25, 0.3) is 9.88 Å². The summed E-state index contributed by atoms with van der Waals surface area (Å²) in [5.41, 5.74) is 1.69. The number of hydrogen-bond acceptors (Lipinski definition) is 7. The van der Waals surface area contributed by atoms with E-state index in [1.807, 2.05) is 30.5 Å². The zero-order valence-corrected chi connectivity index (χ0v) is 16.6. The van der Waals surface area contributed by atoms with Crippen molar-refractivity contribution in [3.05, 3.63) is 52.3 Å². The van der Waals surface area contributed by atoms with Gasteiger partial charge >= 0.3 is 5.97 Å². The highest BCUT2D eigenvalue weighted by molar-refractivity contribution is 7.20. The second-order valence-corrected chi connectivity index (χ2v) is 7.56. The number of ether oxygens (including phenoxy) is 2. The molecule has 27 heavy (non-hydrogen) atoms. The summed E-state index contributed by atoms with van der Waals surface area (Å²) in [6, 6.07) is 9.29. The Bertz CT molecular complexity index is 951. The Morgan fingerprint density at radius 2 is 2.04 bits per heavy atom. The van der Waals surface area contributed by atoms with Crippen LogP contribution in [0, 0.1) is 6.92 Å². The molecule has 140 valence electrons. The van der Waals surface area contributed by atoms with E-state index >= 15 is 0 Å². The average Bonchev–Trinajstić information content (AvgIpc) is 3.33. The van der Waals surface area contributed by atoms with Gasteiger partial charge in [-0.05, 0) is 43.0 Å². The van der Waals surface area contributed by atoms with Crippen molar-refractivity contribution in [2.75, 3.05) is 12.4 Å². The number of nitrogens with one attached hydrogen (secondary N) is 1. The lowest BCUT2D eigenvalue weighted by atomic mass is 10.2. The molecule has 0 aliphatic heterocycles. The van der Waals surface area contributed by atoms with Gasteiger partial charge in [0, 0.05) is 5.38 Å². The normalized spacial score (nSPS) is 11.7. The molecule has 2 aromatic heterocycles. The summed E-state index contributed by atoms with van der Waals surface area (Å²) in [6.45, 7) is 3.42. The Morgan fingerprint density at radius 3 is 2.74 bits per heavy atom. The molecule has 0 unspecified atom stereocenters. The number of thiophene rings is 1. The third kappa shape index (κ3) is 4.53. The lowest BCUT2D eigenvalue weighted by Crippen LogP contribution is -2.30. The van der Waals surface area contributed by atoms with Crippen LogP contribution >= 0.6 is 22.7 Å². The molecule has 0 aliphatic rings. The van der Waals surface area contributed by atoms with E-state index in [0.717, 1.165) is 15.4 Å². The van der Waals surface area contributed by atoms with Crippen molar-refractivity contribution in [2.24, 2.45) is 0 Å². The summed E-state index contributed by atoms with van der Waals surface area (Å²) >= 11 is 2.91. The molecule has 1 amide bonds. The van der Waals surface area contributed by atoms with Gasteiger partial charge in [0.25, 0.3) is 5.91 Å². The van der Waals surface area contributed by atoms with E-state index in [2.05, 4.69) is 10.3 Å². The van der Waals surface area contributed by atoms with Crippen LogP contribution in [0.5, 0.6) is 5.75 Å². The van der Waals surface area contributed by atoms with Crippen molar-refractivity contribution < 1.29 is 19.1 Å². The van der Waals surface area contributed by atoms with E-state index in [1.54, 1.807) is 28.8 Å². The first-order valence-electron chi connectivity index (χ1n) is 8.14. The van der Waals surface area contributed by atoms with Gasteiger partial charge in [-0.1, -0.05) is 12.1 Å². The number of nitrogens with zero attached hydrogens (tertiary/aromatic N) is 1. The summed E-state index contributed by atoms with van der Waals surface area (Å²) < 4.78 is 10.5. The summed E-state index contributed by atoms with van der Waals surface area (Å²) in [6.07, 6.45) is -0.977. The van der Waals surface area contributed by atoms with Gasteiger partial charge in [-0.2, -0.15) is 0 Å². The highest BCUT2D eigenvalue weighted by Crippen LogP contribution is 2.28. The number of hydrogen-bond donors (Lipinski definition) is 1. The number of rotatable bonds is 6. The van der Waals surface area contributed by atoms with E-state index in [0.29, 0.717) is 11.4 Å². The number of amides is 1. The Hall–Kier alpha value is -2.71. The first kappa shape index (κ1) is 19.1. The fourth-order valence-corrected chi connectivity index (χ4v) is 3.91. The van der Waals surface area contributed by atoms with Gasteiger partial charge in [0.05, 0.1) is 17.7 Å². The maximum absolute atomic E-state index is 12.4.